The summed E-state index contributed by atoms with van der Waals surface area (Å²) in [5, 5.41) is 21.0. The van der Waals surface area contributed by atoms with Gasteiger partial charge in [0.2, 0.25) is 5.91 Å². The number of aliphatic hydroxyl groups excluding tert-OH is 1. The first kappa shape index (κ1) is 13.0. The highest BCUT2D eigenvalue weighted by Gasteiger charge is 2.32. The van der Waals surface area contributed by atoms with E-state index in [2.05, 4.69) is 5.32 Å². The van der Waals surface area contributed by atoms with Crippen molar-refractivity contribution in [2.45, 2.75) is 45.6 Å². The molecule has 2 N–H and O–H groups in total. The van der Waals surface area contributed by atoms with E-state index < -0.39 is 5.41 Å². The van der Waals surface area contributed by atoms with Gasteiger partial charge >= 0.3 is 0 Å². The van der Waals surface area contributed by atoms with Crippen LogP contribution in [0.3, 0.4) is 0 Å². The molecule has 0 saturated heterocycles. The molecule has 0 aliphatic heterocycles. The van der Waals surface area contributed by atoms with Gasteiger partial charge in [-0.3, -0.25) is 4.79 Å². The Morgan fingerprint density at radius 2 is 2.12 bits per heavy atom. The van der Waals surface area contributed by atoms with Crippen LogP contribution in [0.2, 0.25) is 0 Å². The largest absolute Gasteiger partial charge is 0.396 e. The van der Waals surface area contributed by atoms with Crippen LogP contribution in [0.4, 0.5) is 0 Å². The molecule has 0 radical (unpaired) electrons. The van der Waals surface area contributed by atoms with Crippen molar-refractivity contribution in [2.24, 2.45) is 11.3 Å². The van der Waals surface area contributed by atoms with Crippen LogP contribution in [0.25, 0.3) is 0 Å². The molecular formula is C12H20N2O2. The van der Waals surface area contributed by atoms with E-state index in [9.17, 15) is 9.90 Å². The Labute approximate surface area is 96.6 Å². The normalized spacial score (nSPS) is 25.9. The zero-order valence-corrected chi connectivity index (χ0v) is 9.99. The molecule has 1 aliphatic carbocycles. The summed E-state index contributed by atoms with van der Waals surface area (Å²) in [6.45, 7) is 3.33. The fourth-order valence-corrected chi connectivity index (χ4v) is 2.02. The number of nitriles is 1. The first-order chi connectivity index (χ1) is 7.51. The third-order valence-corrected chi connectivity index (χ3v) is 3.31. The highest BCUT2D eigenvalue weighted by molar-refractivity contribution is 5.84. The van der Waals surface area contributed by atoms with E-state index >= 15 is 0 Å². The molecule has 2 unspecified atom stereocenters. The van der Waals surface area contributed by atoms with Gasteiger partial charge < -0.3 is 10.4 Å². The third-order valence-electron chi connectivity index (χ3n) is 3.31. The summed E-state index contributed by atoms with van der Waals surface area (Å²) in [6.07, 6.45) is 4.04. The van der Waals surface area contributed by atoms with Gasteiger partial charge in [-0.1, -0.05) is 12.8 Å². The SMILES string of the molecule is CC(C)(C#N)C(=O)NC1CCCCC1CO. The van der Waals surface area contributed by atoms with Gasteiger partial charge in [-0.25, -0.2) is 0 Å². The molecule has 1 fully saturated rings. The predicted octanol–water partition coefficient (Wildman–Crippen LogP) is 1.20. The highest BCUT2D eigenvalue weighted by atomic mass is 16.3. The van der Waals surface area contributed by atoms with E-state index in [4.69, 9.17) is 5.26 Å². The zero-order chi connectivity index (χ0) is 12.2. The molecule has 0 aromatic rings. The first-order valence-corrected chi connectivity index (χ1v) is 5.84. The molecule has 1 saturated carbocycles. The quantitative estimate of drug-likeness (QED) is 0.756. The van der Waals surface area contributed by atoms with Crippen LogP contribution < -0.4 is 5.32 Å². The number of carbonyl (C=O) groups excluding carboxylic acids is 1. The van der Waals surface area contributed by atoms with Gasteiger partial charge in [0, 0.05) is 18.6 Å². The van der Waals surface area contributed by atoms with Crippen LogP contribution in [-0.4, -0.2) is 23.7 Å². The smallest absolute Gasteiger partial charge is 0.240 e. The minimum absolute atomic E-state index is 0.0267. The average Bonchev–Trinajstić information content (AvgIpc) is 2.29. The molecule has 1 rings (SSSR count). The summed E-state index contributed by atoms with van der Waals surface area (Å²) in [7, 11) is 0. The van der Waals surface area contributed by atoms with Crippen molar-refractivity contribution in [1.29, 1.82) is 5.26 Å². The van der Waals surface area contributed by atoms with Crippen molar-refractivity contribution < 1.29 is 9.90 Å². The maximum absolute atomic E-state index is 11.8. The van der Waals surface area contributed by atoms with Gasteiger partial charge in [-0.2, -0.15) is 5.26 Å². The van der Waals surface area contributed by atoms with Crippen molar-refractivity contribution in [1.82, 2.24) is 5.32 Å². The zero-order valence-electron chi connectivity index (χ0n) is 9.99. The van der Waals surface area contributed by atoms with E-state index in [1.807, 2.05) is 6.07 Å². The van der Waals surface area contributed by atoms with E-state index in [1.165, 1.54) is 0 Å². The van der Waals surface area contributed by atoms with E-state index in [0.717, 1.165) is 25.7 Å². The van der Waals surface area contributed by atoms with Crippen molar-refractivity contribution in [3.63, 3.8) is 0 Å². The second-order valence-corrected chi connectivity index (χ2v) is 5.04. The van der Waals surface area contributed by atoms with Gasteiger partial charge in [-0.05, 0) is 26.7 Å². The number of rotatable bonds is 3. The summed E-state index contributed by atoms with van der Waals surface area (Å²) < 4.78 is 0. The number of amides is 1. The summed E-state index contributed by atoms with van der Waals surface area (Å²) in [4.78, 5) is 11.8. The summed E-state index contributed by atoms with van der Waals surface area (Å²) in [5.41, 5.74) is -0.989. The number of hydrogen-bond donors (Lipinski definition) is 2. The number of nitrogens with zero attached hydrogens (tertiary/aromatic N) is 1. The van der Waals surface area contributed by atoms with Gasteiger partial charge in [0.05, 0.1) is 6.07 Å². The van der Waals surface area contributed by atoms with E-state index in [-0.39, 0.29) is 24.5 Å². The fraction of sp³-hybridized carbons (Fsp3) is 0.833. The Morgan fingerprint density at radius 3 is 2.69 bits per heavy atom. The van der Waals surface area contributed by atoms with Crippen LogP contribution >= 0.6 is 0 Å². The second-order valence-electron chi connectivity index (χ2n) is 5.04. The molecule has 16 heavy (non-hydrogen) atoms. The molecule has 1 aliphatic rings. The van der Waals surface area contributed by atoms with Crippen LogP contribution in [0, 0.1) is 22.7 Å². The molecule has 2 atom stereocenters. The van der Waals surface area contributed by atoms with E-state index in [1.54, 1.807) is 13.8 Å². The molecule has 1 amide bonds. The molecule has 0 bridgehead atoms. The lowest BCUT2D eigenvalue weighted by Crippen LogP contribution is -2.47. The van der Waals surface area contributed by atoms with E-state index in [0.29, 0.717) is 0 Å². The second kappa shape index (κ2) is 5.31. The molecule has 90 valence electrons. The van der Waals surface area contributed by atoms with Crippen LogP contribution in [0.5, 0.6) is 0 Å². The molecule has 0 heterocycles. The maximum Gasteiger partial charge on any atom is 0.240 e. The Bertz CT molecular complexity index is 294. The van der Waals surface area contributed by atoms with Gasteiger partial charge in [0.25, 0.3) is 0 Å². The number of carbonyl (C=O) groups is 1. The Balaban J connectivity index is 2.59. The van der Waals surface area contributed by atoms with Gasteiger partial charge in [0.15, 0.2) is 0 Å². The lowest BCUT2D eigenvalue weighted by Gasteiger charge is -2.32. The Kier molecular flexibility index (Phi) is 4.31. The summed E-state index contributed by atoms with van der Waals surface area (Å²) >= 11 is 0. The molecule has 0 aromatic heterocycles. The fourth-order valence-electron chi connectivity index (χ4n) is 2.02. The molecular weight excluding hydrogens is 204 g/mol. The Morgan fingerprint density at radius 1 is 1.50 bits per heavy atom. The minimum Gasteiger partial charge on any atom is -0.396 e. The lowest BCUT2D eigenvalue weighted by molar-refractivity contribution is -0.128. The number of aliphatic hydroxyl groups is 1. The van der Waals surface area contributed by atoms with Crippen molar-refractivity contribution in [3.05, 3.63) is 0 Å². The monoisotopic (exact) mass is 224 g/mol. The highest BCUT2D eigenvalue weighted by Crippen LogP contribution is 2.25. The molecule has 0 spiro atoms. The van der Waals surface area contributed by atoms with Crippen LogP contribution in [0.1, 0.15) is 39.5 Å². The van der Waals surface area contributed by atoms with Crippen molar-refractivity contribution in [2.75, 3.05) is 6.61 Å². The van der Waals surface area contributed by atoms with Crippen LogP contribution in [-0.2, 0) is 4.79 Å². The lowest BCUT2D eigenvalue weighted by atomic mass is 9.84. The first-order valence-electron chi connectivity index (χ1n) is 5.84. The Hall–Kier alpha value is -1.08. The average molecular weight is 224 g/mol. The van der Waals surface area contributed by atoms with Gasteiger partial charge in [0.1, 0.15) is 5.41 Å². The van der Waals surface area contributed by atoms with Crippen molar-refractivity contribution in [3.8, 4) is 6.07 Å². The van der Waals surface area contributed by atoms with Gasteiger partial charge in [-0.15, -0.1) is 0 Å². The number of hydrogen-bond acceptors (Lipinski definition) is 3. The molecule has 4 heteroatoms. The summed E-state index contributed by atoms with van der Waals surface area (Å²) in [6, 6.07) is 2.02. The number of nitrogens with one attached hydrogen (secondary N) is 1. The standard InChI is InChI=1S/C12H20N2O2/c1-12(2,8-13)11(16)14-10-6-4-3-5-9(10)7-15/h9-10,15H,3-7H2,1-2H3,(H,14,16). The summed E-state index contributed by atoms with van der Waals surface area (Å²) in [5.74, 6) is -0.0902. The predicted molar refractivity (Wildman–Crippen MR) is 60.4 cm³/mol. The minimum atomic E-state index is -0.989. The maximum atomic E-state index is 11.8. The molecule has 0 aromatic carbocycles. The molecule has 4 nitrogen and oxygen atoms in total. The van der Waals surface area contributed by atoms with Crippen molar-refractivity contribution >= 4 is 5.91 Å². The topological polar surface area (TPSA) is 73.1 Å². The third kappa shape index (κ3) is 2.96. The van der Waals surface area contributed by atoms with Crippen LogP contribution in [0.15, 0.2) is 0 Å².